The summed E-state index contributed by atoms with van der Waals surface area (Å²) in [7, 11) is 3.03. The van der Waals surface area contributed by atoms with Gasteiger partial charge in [-0.1, -0.05) is 13.8 Å². The van der Waals surface area contributed by atoms with Crippen LogP contribution in [0, 0.1) is 5.92 Å². The molecule has 6 nitrogen and oxygen atoms in total. The molecule has 0 bridgehead atoms. The van der Waals surface area contributed by atoms with Crippen molar-refractivity contribution in [1.82, 2.24) is 18.7 Å². The second kappa shape index (κ2) is 4.28. The summed E-state index contributed by atoms with van der Waals surface area (Å²) in [6.07, 6.45) is 0. The fourth-order valence-electron chi connectivity index (χ4n) is 1.95. The van der Waals surface area contributed by atoms with E-state index < -0.39 is 5.69 Å². The van der Waals surface area contributed by atoms with E-state index in [1.54, 1.807) is 11.6 Å². The van der Waals surface area contributed by atoms with Crippen LogP contribution in [0.5, 0.6) is 0 Å². The van der Waals surface area contributed by atoms with Gasteiger partial charge in [-0.15, -0.1) is 0 Å². The minimum absolute atomic E-state index is 0.233. The molecule has 0 spiro atoms. The van der Waals surface area contributed by atoms with E-state index in [0.717, 1.165) is 4.57 Å². The number of nitrogens with zero attached hydrogens (tertiary/aromatic N) is 4. The zero-order valence-electron chi connectivity index (χ0n) is 10.8. The monoisotopic (exact) mass is 270 g/mol. The van der Waals surface area contributed by atoms with Crippen molar-refractivity contribution < 1.29 is 0 Å². The van der Waals surface area contributed by atoms with Crippen LogP contribution in [-0.4, -0.2) is 18.7 Å². The number of imidazole rings is 1. The zero-order valence-corrected chi connectivity index (χ0v) is 11.5. The van der Waals surface area contributed by atoms with Crippen molar-refractivity contribution in [2.75, 3.05) is 0 Å². The van der Waals surface area contributed by atoms with Gasteiger partial charge in [0.25, 0.3) is 5.56 Å². The maximum absolute atomic E-state index is 12.1. The second-order valence-corrected chi connectivity index (χ2v) is 5.10. The molecule has 0 N–H and O–H groups in total. The van der Waals surface area contributed by atoms with Crippen LogP contribution in [0.2, 0.25) is 5.28 Å². The van der Waals surface area contributed by atoms with Crippen molar-refractivity contribution in [1.29, 1.82) is 0 Å². The third-order valence-electron chi connectivity index (χ3n) is 2.85. The molecule has 7 heteroatoms. The Bertz CT molecular complexity index is 723. The number of hydrogen-bond acceptors (Lipinski definition) is 3. The van der Waals surface area contributed by atoms with Gasteiger partial charge in [0, 0.05) is 20.6 Å². The summed E-state index contributed by atoms with van der Waals surface area (Å²) in [5.41, 5.74) is -0.0708. The molecule has 0 aliphatic carbocycles. The van der Waals surface area contributed by atoms with Crippen LogP contribution in [0.3, 0.4) is 0 Å². The van der Waals surface area contributed by atoms with Crippen LogP contribution in [0.25, 0.3) is 11.2 Å². The third-order valence-corrected chi connectivity index (χ3v) is 3.14. The summed E-state index contributed by atoms with van der Waals surface area (Å²) in [4.78, 5) is 28.0. The molecule has 2 aromatic heterocycles. The van der Waals surface area contributed by atoms with Crippen LogP contribution in [-0.2, 0) is 20.6 Å². The Morgan fingerprint density at radius 1 is 1.22 bits per heavy atom. The number of rotatable bonds is 2. The molecule has 0 saturated heterocycles. The predicted molar refractivity (Wildman–Crippen MR) is 70.1 cm³/mol. The Kier molecular flexibility index (Phi) is 3.06. The standard InChI is InChI=1S/C11H15ClN4O2/c1-6(2)5-16-7-8(13-10(16)12)14(3)11(18)15(4)9(7)17/h6H,5H2,1-4H3. The minimum atomic E-state index is -0.404. The summed E-state index contributed by atoms with van der Waals surface area (Å²) >= 11 is 6.05. The molecule has 0 aliphatic rings. The molecule has 18 heavy (non-hydrogen) atoms. The van der Waals surface area contributed by atoms with Gasteiger partial charge in [-0.3, -0.25) is 13.9 Å². The van der Waals surface area contributed by atoms with Crippen LogP contribution in [0.15, 0.2) is 9.59 Å². The SMILES string of the molecule is CC(C)Cn1c(Cl)nc2c1c(=O)n(C)c(=O)n2C. The topological polar surface area (TPSA) is 61.8 Å². The van der Waals surface area contributed by atoms with Gasteiger partial charge in [0.05, 0.1) is 0 Å². The molecule has 0 aromatic carbocycles. The molecule has 0 aliphatic heterocycles. The lowest BCUT2D eigenvalue weighted by Crippen LogP contribution is -2.37. The maximum Gasteiger partial charge on any atom is 0.332 e. The molecule has 98 valence electrons. The summed E-state index contributed by atoms with van der Waals surface area (Å²) in [5, 5.41) is 0.233. The van der Waals surface area contributed by atoms with Crippen molar-refractivity contribution in [3.63, 3.8) is 0 Å². The van der Waals surface area contributed by atoms with Crippen LogP contribution in [0.1, 0.15) is 13.8 Å². The second-order valence-electron chi connectivity index (χ2n) is 4.76. The molecule has 0 radical (unpaired) electrons. The molecule has 0 fully saturated rings. The van der Waals surface area contributed by atoms with Crippen molar-refractivity contribution in [3.05, 3.63) is 26.1 Å². The highest BCUT2D eigenvalue weighted by molar-refractivity contribution is 6.29. The summed E-state index contributed by atoms with van der Waals surface area (Å²) in [6.45, 7) is 4.63. The van der Waals surface area contributed by atoms with E-state index in [1.807, 2.05) is 13.8 Å². The Balaban J connectivity index is 2.95. The lowest BCUT2D eigenvalue weighted by Gasteiger charge is -2.09. The number of fused-ring (bicyclic) bond motifs is 1. The van der Waals surface area contributed by atoms with Crippen molar-refractivity contribution in [2.24, 2.45) is 20.0 Å². The third kappa shape index (κ3) is 1.77. The first kappa shape index (κ1) is 12.9. The Morgan fingerprint density at radius 2 is 1.83 bits per heavy atom. The van der Waals surface area contributed by atoms with Crippen molar-refractivity contribution >= 4 is 22.8 Å². The normalized spacial score (nSPS) is 11.7. The highest BCUT2D eigenvalue weighted by Gasteiger charge is 2.18. The molecule has 2 aromatic rings. The summed E-state index contributed by atoms with van der Waals surface area (Å²) < 4.78 is 4.06. The minimum Gasteiger partial charge on any atom is -0.309 e. The molecular weight excluding hydrogens is 256 g/mol. The Hall–Kier alpha value is -1.56. The van der Waals surface area contributed by atoms with E-state index in [-0.39, 0.29) is 10.8 Å². The zero-order chi connectivity index (χ0) is 13.6. The average Bonchev–Trinajstić information content (AvgIpc) is 2.61. The predicted octanol–water partition coefficient (Wildman–Crippen LogP) is 0.743. The molecule has 2 heterocycles. The number of aromatic nitrogens is 4. The quantitative estimate of drug-likeness (QED) is 0.757. The molecule has 0 atom stereocenters. The fraction of sp³-hybridized carbons (Fsp3) is 0.545. The van der Waals surface area contributed by atoms with Crippen molar-refractivity contribution in [3.8, 4) is 0 Å². The van der Waals surface area contributed by atoms with Gasteiger partial charge in [0.2, 0.25) is 5.28 Å². The van der Waals surface area contributed by atoms with Crippen molar-refractivity contribution in [2.45, 2.75) is 20.4 Å². The first-order valence-corrected chi connectivity index (χ1v) is 6.04. The maximum atomic E-state index is 12.1. The van der Waals surface area contributed by atoms with Gasteiger partial charge in [-0.25, -0.2) is 4.79 Å². The average molecular weight is 271 g/mol. The number of halogens is 1. The number of aryl methyl sites for hydroxylation is 1. The molecule has 0 unspecified atom stereocenters. The van der Waals surface area contributed by atoms with Gasteiger partial charge in [-0.2, -0.15) is 4.98 Å². The highest BCUT2D eigenvalue weighted by Crippen LogP contribution is 2.17. The molecule has 0 amide bonds. The smallest absolute Gasteiger partial charge is 0.309 e. The van der Waals surface area contributed by atoms with Gasteiger partial charge < -0.3 is 4.57 Å². The summed E-state index contributed by atoms with van der Waals surface area (Å²) in [6, 6.07) is 0. The van der Waals surface area contributed by atoms with E-state index in [9.17, 15) is 9.59 Å². The van der Waals surface area contributed by atoms with Crippen LogP contribution in [0.4, 0.5) is 0 Å². The molecule has 0 saturated carbocycles. The largest absolute Gasteiger partial charge is 0.332 e. The molecular formula is C11H15ClN4O2. The Labute approximate surface area is 108 Å². The first-order valence-electron chi connectivity index (χ1n) is 5.66. The molecule has 2 rings (SSSR count). The Morgan fingerprint density at radius 3 is 2.39 bits per heavy atom. The highest BCUT2D eigenvalue weighted by atomic mass is 35.5. The number of hydrogen-bond donors (Lipinski definition) is 0. The van der Waals surface area contributed by atoms with Gasteiger partial charge in [-0.05, 0) is 17.5 Å². The lowest BCUT2D eigenvalue weighted by atomic mass is 10.2. The van der Waals surface area contributed by atoms with E-state index in [4.69, 9.17) is 11.6 Å². The van der Waals surface area contributed by atoms with Gasteiger partial charge >= 0.3 is 5.69 Å². The van der Waals surface area contributed by atoms with E-state index in [1.165, 1.54) is 11.6 Å². The summed E-state index contributed by atoms with van der Waals surface area (Å²) in [5.74, 6) is 0.321. The van der Waals surface area contributed by atoms with Gasteiger partial charge in [0.15, 0.2) is 11.2 Å². The fourth-order valence-corrected chi connectivity index (χ4v) is 2.19. The first-order chi connectivity index (χ1) is 8.34. The van der Waals surface area contributed by atoms with E-state index >= 15 is 0 Å². The lowest BCUT2D eigenvalue weighted by molar-refractivity contribution is 0.531. The van der Waals surface area contributed by atoms with Crippen LogP contribution >= 0.6 is 11.6 Å². The van der Waals surface area contributed by atoms with Gasteiger partial charge in [0.1, 0.15) is 0 Å². The van der Waals surface area contributed by atoms with Crippen LogP contribution < -0.4 is 11.2 Å². The van der Waals surface area contributed by atoms with E-state index in [2.05, 4.69) is 4.98 Å². The van der Waals surface area contributed by atoms with E-state index in [0.29, 0.717) is 23.6 Å².